The number of fused-ring (bicyclic) bond motifs is 1. The van der Waals surface area contributed by atoms with Crippen LogP contribution < -0.4 is 11.1 Å². The van der Waals surface area contributed by atoms with Crippen LogP contribution in [0.4, 0.5) is 5.13 Å². The molecule has 2 unspecified atom stereocenters. The molecule has 2 aromatic heterocycles. The van der Waals surface area contributed by atoms with Crippen molar-refractivity contribution in [1.29, 1.82) is 0 Å². The van der Waals surface area contributed by atoms with Gasteiger partial charge in [0.05, 0.1) is 0 Å². The van der Waals surface area contributed by atoms with E-state index in [1.165, 1.54) is 17.1 Å². The zero-order valence-electron chi connectivity index (χ0n) is 18.4. The Balaban J connectivity index is 1.49. The van der Waals surface area contributed by atoms with Crippen molar-refractivity contribution < 1.29 is 34.6 Å². The van der Waals surface area contributed by atoms with Gasteiger partial charge >= 0.3 is 11.9 Å². The predicted octanol–water partition coefficient (Wildman–Crippen LogP) is -0.767. The highest BCUT2D eigenvalue weighted by Crippen LogP contribution is 2.41. The van der Waals surface area contributed by atoms with Crippen LogP contribution in [0.3, 0.4) is 0 Å². The second kappa shape index (κ2) is 10.6. The molecule has 2 amide bonds. The van der Waals surface area contributed by atoms with Crippen molar-refractivity contribution >= 4 is 69.5 Å². The van der Waals surface area contributed by atoms with E-state index in [9.17, 15) is 34.6 Å². The Morgan fingerprint density at radius 1 is 1.41 bits per heavy atom. The van der Waals surface area contributed by atoms with E-state index in [-0.39, 0.29) is 33.2 Å². The standard InChI is InChI=1S/C18H17N9O7S3/c1-2-8(15(30)31)27-18(22-24-25-27)37-4-6-3-35-14-10(13(29)26(14)11(6)16(32)33)21-12(28)9(23-34)7-5-36-17(19)20-7/h2,5,8,10,14,34H,1,3-4H2,(H2,19,20)(H,21,28)(H,30,31)(H,32,33)/t8?,10?,14-/m0/s1. The number of oxime groups is 1. The van der Waals surface area contributed by atoms with Crippen LogP contribution in [-0.2, 0) is 19.2 Å². The summed E-state index contributed by atoms with van der Waals surface area (Å²) in [6.07, 6.45) is 1.15. The Labute approximate surface area is 219 Å². The predicted molar refractivity (Wildman–Crippen MR) is 130 cm³/mol. The molecule has 2 aromatic rings. The van der Waals surface area contributed by atoms with E-state index in [1.807, 2.05) is 0 Å². The number of aromatic nitrogens is 5. The van der Waals surface area contributed by atoms with Crippen LogP contribution >= 0.6 is 34.9 Å². The van der Waals surface area contributed by atoms with Gasteiger partial charge in [-0.2, -0.15) is 0 Å². The maximum Gasteiger partial charge on any atom is 0.352 e. The summed E-state index contributed by atoms with van der Waals surface area (Å²) >= 11 is 3.26. The molecule has 0 saturated carbocycles. The largest absolute Gasteiger partial charge is 0.479 e. The Morgan fingerprint density at radius 2 is 2.16 bits per heavy atom. The summed E-state index contributed by atoms with van der Waals surface area (Å²) in [5.41, 5.74) is 5.27. The van der Waals surface area contributed by atoms with Crippen LogP contribution in [0.2, 0.25) is 0 Å². The number of anilines is 1. The number of aliphatic carboxylic acids is 2. The highest BCUT2D eigenvalue weighted by atomic mass is 32.2. The van der Waals surface area contributed by atoms with Gasteiger partial charge in [0.15, 0.2) is 16.9 Å². The van der Waals surface area contributed by atoms with Crippen LogP contribution in [0.25, 0.3) is 0 Å². The number of nitrogens with zero attached hydrogens (tertiary/aromatic N) is 7. The molecule has 37 heavy (non-hydrogen) atoms. The van der Waals surface area contributed by atoms with E-state index in [0.717, 1.165) is 38.8 Å². The van der Waals surface area contributed by atoms with Gasteiger partial charge in [-0.1, -0.05) is 23.0 Å². The van der Waals surface area contributed by atoms with Crippen LogP contribution in [0.1, 0.15) is 11.7 Å². The zero-order chi connectivity index (χ0) is 26.9. The summed E-state index contributed by atoms with van der Waals surface area (Å²) < 4.78 is 1.04. The zero-order valence-corrected chi connectivity index (χ0v) is 20.9. The quantitative estimate of drug-likeness (QED) is 0.0592. The lowest BCUT2D eigenvalue weighted by Gasteiger charge is -2.49. The number of rotatable bonds is 10. The van der Waals surface area contributed by atoms with Crippen molar-refractivity contribution in [3.05, 3.63) is 35.0 Å². The smallest absolute Gasteiger partial charge is 0.352 e. The molecule has 4 heterocycles. The fourth-order valence-electron chi connectivity index (χ4n) is 3.53. The Bertz CT molecular complexity index is 1350. The van der Waals surface area contributed by atoms with Gasteiger partial charge in [-0.3, -0.25) is 14.5 Å². The van der Waals surface area contributed by atoms with Crippen molar-refractivity contribution in [2.75, 3.05) is 17.2 Å². The van der Waals surface area contributed by atoms with Crippen LogP contribution in [0, 0.1) is 0 Å². The second-order valence-electron chi connectivity index (χ2n) is 7.35. The number of amides is 2. The summed E-state index contributed by atoms with van der Waals surface area (Å²) in [6, 6.07) is -2.28. The van der Waals surface area contributed by atoms with Crippen molar-refractivity contribution in [2.24, 2.45) is 5.16 Å². The minimum Gasteiger partial charge on any atom is -0.479 e. The number of hydrogen-bond donors (Lipinski definition) is 5. The summed E-state index contributed by atoms with van der Waals surface area (Å²) in [7, 11) is 0. The number of β-lactam (4-membered cyclic amide) rings is 1. The number of carboxylic acid groups (broad SMARTS) is 2. The molecule has 1 fully saturated rings. The number of carbonyl (C=O) groups excluding carboxylic acids is 2. The van der Waals surface area contributed by atoms with Gasteiger partial charge in [-0.15, -0.1) is 34.8 Å². The molecular weight excluding hydrogens is 550 g/mol. The van der Waals surface area contributed by atoms with Crippen molar-refractivity contribution in [1.82, 2.24) is 35.4 Å². The number of thiazole rings is 1. The molecule has 0 spiro atoms. The number of nitrogens with two attached hydrogens (primary N) is 1. The Morgan fingerprint density at radius 3 is 2.76 bits per heavy atom. The SMILES string of the molecule is C=CC(C(=O)O)n1nnnc1SCC1=C(C(=O)O)N2C(=O)C(NC(=O)C(=NO)c3csc(N)n3)[C@@H]2SC1. The molecule has 19 heteroatoms. The molecule has 194 valence electrons. The lowest BCUT2D eigenvalue weighted by molar-refractivity contribution is -0.150. The van der Waals surface area contributed by atoms with Gasteiger partial charge in [-0.25, -0.2) is 19.3 Å². The molecule has 0 aromatic carbocycles. The molecular formula is C18H17N9O7S3. The summed E-state index contributed by atoms with van der Waals surface area (Å²) in [5, 5.41) is 45.7. The van der Waals surface area contributed by atoms with Crippen molar-refractivity contribution in [3.63, 3.8) is 0 Å². The number of carbonyl (C=O) groups is 4. The van der Waals surface area contributed by atoms with E-state index in [2.05, 4.69) is 37.6 Å². The summed E-state index contributed by atoms with van der Waals surface area (Å²) in [4.78, 5) is 53.9. The van der Waals surface area contributed by atoms with E-state index < -0.39 is 46.9 Å². The molecule has 6 N–H and O–H groups in total. The number of carboxylic acids is 2. The molecule has 1 saturated heterocycles. The number of nitrogens with one attached hydrogen (secondary N) is 1. The van der Waals surface area contributed by atoms with Gasteiger partial charge in [0.25, 0.3) is 11.8 Å². The van der Waals surface area contributed by atoms with E-state index in [0.29, 0.717) is 5.57 Å². The normalized spacial score (nSPS) is 20.2. The topological polar surface area (TPSA) is 239 Å². The molecule has 3 atom stereocenters. The number of thioether (sulfide) groups is 2. The molecule has 2 aliphatic heterocycles. The first kappa shape index (κ1) is 26.1. The third-order valence-corrected chi connectivity index (χ3v) is 8.23. The maximum atomic E-state index is 12.9. The van der Waals surface area contributed by atoms with Crippen LogP contribution in [0.15, 0.2) is 39.6 Å². The van der Waals surface area contributed by atoms with Gasteiger partial charge in [0.2, 0.25) is 5.16 Å². The number of nitrogen functional groups attached to an aromatic ring is 1. The van der Waals surface area contributed by atoms with Gasteiger partial charge in [0.1, 0.15) is 22.8 Å². The average molecular weight is 568 g/mol. The molecule has 0 radical (unpaired) electrons. The van der Waals surface area contributed by atoms with Gasteiger partial charge < -0.3 is 26.5 Å². The Kier molecular flexibility index (Phi) is 7.45. The fraction of sp³-hybridized carbons (Fsp3) is 0.278. The highest BCUT2D eigenvalue weighted by Gasteiger charge is 2.54. The van der Waals surface area contributed by atoms with Gasteiger partial charge in [0, 0.05) is 16.9 Å². The number of hydrogen-bond acceptors (Lipinski definition) is 14. The van der Waals surface area contributed by atoms with Crippen LogP contribution in [0.5, 0.6) is 0 Å². The summed E-state index contributed by atoms with van der Waals surface area (Å²) in [5.74, 6) is -3.86. The van der Waals surface area contributed by atoms with E-state index in [1.54, 1.807) is 0 Å². The lowest BCUT2D eigenvalue weighted by atomic mass is 10.0. The molecule has 2 aliphatic rings. The minimum absolute atomic E-state index is 0.0248. The Hall–Kier alpha value is -3.97. The summed E-state index contributed by atoms with van der Waals surface area (Å²) in [6.45, 7) is 3.46. The lowest BCUT2D eigenvalue weighted by Crippen LogP contribution is -2.71. The third kappa shape index (κ3) is 4.87. The third-order valence-electron chi connectivity index (χ3n) is 5.19. The molecule has 0 aliphatic carbocycles. The number of tetrazole rings is 1. The monoisotopic (exact) mass is 567 g/mol. The van der Waals surface area contributed by atoms with Crippen molar-refractivity contribution in [3.8, 4) is 0 Å². The first-order chi connectivity index (χ1) is 17.7. The first-order valence-electron chi connectivity index (χ1n) is 10.1. The second-order valence-corrected chi connectivity index (χ2v) is 10.3. The fourth-order valence-corrected chi connectivity index (χ4v) is 6.47. The van der Waals surface area contributed by atoms with Gasteiger partial charge in [-0.05, 0) is 16.0 Å². The maximum absolute atomic E-state index is 12.9. The highest BCUT2D eigenvalue weighted by molar-refractivity contribution is 8.01. The van der Waals surface area contributed by atoms with E-state index >= 15 is 0 Å². The molecule has 0 bridgehead atoms. The van der Waals surface area contributed by atoms with Crippen molar-refractivity contribution in [2.45, 2.75) is 22.6 Å². The first-order valence-corrected chi connectivity index (χ1v) is 13.0. The molecule has 16 nitrogen and oxygen atoms in total. The average Bonchev–Trinajstić information content (AvgIpc) is 3.50. The minimum atomic E-state index is -1.34. The van der Waals surface area contributed by atoms with Crippen LogP contribution in [-0.4, -0.2) is 97.9 Å². The molecule has 4 rings (SSSR count). The van der Waals surface area contributed by atoms with E-state index in [4.69, 9.17) is 5.73 Å².